The van der Waals surface area contributed by atoms with E-state index in [1.807, 2.05) is 12.1 Å². The Bertz CT molecular complexity index is 701. The van der Waals surface area contributed by atoms with Crippen LogP contribution in [-0.4, -0.2) is 16.3 Å². The first-order chi connectivity index (χ1) is 10.8. The Balaban J connectivity index is 1.88. The van der Waals surface area contributed by atoms with E-state index in [0.29, 0.717) is 5.92 Å². The van der Waals surface area contributed by atoms with E-state index in [1.165, 1.54) is 49.2 Å². The van der Waals surface area contributed by atoms with Crippen molar-refractivity contribution in [1.29, 1.82) is 0 Å². The maximum absolute atomic E-state index is 6.33. The summed E-state index contributed by atoms with van der Waals surface area (Å²) in [6.07, 6.45) is 7.55. The molecule has 2 aliphatic rings. The van der Waals surface area contributed by atoms with Gasteiger partial charge in [-0.15, -0.1) is 0 Å². The summed E-state index contributed by atoms with van der Waals surface area (Å²) in [5.41, 5.74) is 4.97. The van der Waals surface area contributed by atoms with E-state index in [0.717, 1.165) is 29.2 Å². The smallest absolute Gasteiger partial charge is 0.133 e. The quantitative estimate of drug-likeness (QED) is 0.858. The number of fused-ring (bicyclic) bond motifs is 1. The SMILES string of the molecule is Cc1c(Cl)cccc1-n1nc(C2CCC2)c2c1NCCCC2. The Morgan fingerprint density at radius 2 is 2.09 bits per heavy atom. The molecule has 0 atom stereocenters. The van der Waals surface area contributed by atoms with Crippen LogP contribution in [0.2, 0.25) is 5.02 Å². The molecule has 1 aromatic heterocycles. The zero-order valence-corrected chi connectivity index (χ0v) is 13.8. The van der Waals surface area contributed by atoms with E-state index in [1.54, 1.807) is 0 Å². The second kappa shape index (κ2) is 5.62. The second-order valence-corrected chi connectivity index (χ2v) is 6.93. The predicted molar refractivity (Wildman–Crippen MR) is 91.3 cm³/mol. The van der Waals surface area contributed by atoms with Crippen molar-refractivity contribution in [2.24, 2.45) is 0 Å². The van der Waals surface area contributed by atoms with Gasteiger partial charge in [0.2, 0.25) is 0 Å². The second-order valence-electron chi connectivity index (χ2n) is 6.52. The lowest BCUT2D eigenvalue weighted by Crippen LogP contribution is -2.12. The van der Waals surface area contributed by atoms with Crippen LogP contribution in [0.1, 0.15) is 54.8 Å². The fraction of sp³-hybridized carbons (Fsp3) is 0.500. The summed E-state index contributed by atoms with van der Waals surface area (Å²) in [7, 11) is 0. The van der Waals surface area contributed by atoms with Gasteiger partial charge in [-0.25, -0.2) is 4.68 Å². The van der Waals surface area contributed by atoms with E-state index < -0.39 is 0 Å². The van der Waals surface area contributed by atoms with Crippen LogP contribution in [0, 0.1) is 6.92 Å². The molecule has 22 heavy (non-hydrogen) atoms. The summed E-state index contributed by atoms with van der Waals surface area (Å²) in [5, 5.41) is 9.45. The number of aromatic nitrogens is 2. The molecule has 3 nitrogen and oxygen atoms in total. The van der Waals surface area contributed by atoms with Crippen molar-refractivity contribution in [3.63, 3.8) is 0 Å². The van der Waals surface area contributed by atoms with Crippen LogP contribution in [0.5, 0.6) is 0 Å². The molecule has 0 unspecified atom stereocenters. The van der Waals surface area contributed by atoms with Gasteiger partial charge >= 0.3 is 0 Å². The third-order valence-corrected chi connectivity index (χ3v) is 5.53. The van der Waals surface area contributed by atoms with Gasteiger partial charge in [0.25, 0.3) is 0 Å². The summed E-state index contributed by atoms with van der Waals surface area (Å²) in [4.78, 5) is 0. The Morgan fingerprint density at radius 1 is 1.23 bits per heavy atom. The van der Waals surface area contributed by atoms with E-state index in [4.69, 9.17) is 16.7 Å². The highest BCUT2D eigenvalue weighted by atomic mass is 35.5. The van der Waals surface area contributed by atoms with Crippen LogP contribution < -0.4 is 5.32 Å². The average molecular weight is 316 g/mol. The Hall–Kier alpha value is -1.48. The van der Waals surface area contributed by atoms with Gasteiger partial charge < -0.3 is 5.32 Å². The van der Waals surface area contributed by atoms with Crippen molar-refractivity contribution in [3.05, 3.63) is 40.0 Å². The molecule has 2 aromatic rings. The highest BCUT2D eigenvalue weighted by molar-refractivity contribution is 6.31. The average Bonchev–Trinajstić information content (AvgIpc) is 2.66. The van der Waals surface area contributed by atoms with E-state index in [-0.39, 0.29) is 0 Å². The first kappa shape index (κ1) is 14.1. The maximum atomic E-state index is 6.33. The molecule has 1 fully saturated rings. The molecule has 1 aliphatic carbocycles. The van der Waals surface area contributed by atoms with Crippen molar-refractivity contribution in [2.45, 2.75) is 51.4 Å². The molecular formula is C18H22ClN3. The lowest BCUT2D eigenvalue weighted by molar-refractivity contribution is 0.406. The zero-order valence-electron chi connectivity index (χ0n) is 13.0. The monoisotopic (exact) mass is 315 g/mol. The molecule has 2 heterocycles. The molecule has 0 bridgehead atoms. The first-order valence-corrected chi connectivity index (χ1v) is 8.74. The fourth-order valence-electron chi connectivity index (χ4n) is 3.54. The normalized spacial score (nSPS) is 18.3. The molecule has 0 amide bonds. The van der Waals surface area contributed by atoms with Crippen molar-refractivity contribution in [2.75, 3.05) is 11.9 Å². The van der Waals surface area contributed by atoms with Crippen LogP contribution in [-0.2, 0) is 6.42 Å². The topological polar surface area (TPSA) is 29.9 Å². The number of nitrogens with zero attached hydrogens (tertiary/aromatic N) is 2. The van der Waals surface area contributed by atoms with Crippen molar-refractivity contribution < 1.29 is 0 Å². The van der Waals surface area contributed by atoms with Crippen LogP contribution in [0.3, 0.4) is 0 Å². The standard InChI is InChI=1S/C18H22ClN3/c1-12-15(19)9-5-10-16(12)22-18-14(8-2-3-11-20-18)17(21-22)13-6-4-7-13/h5,9-10,13,20H,2-4,6-8,11H2,1H3. The largest absolute Gasteiger partial charge is 0.370 e. The van der Waals surface area contributed by atoms with Crippen LogP contribution in [0.4, 0.5) is 5.82 Å². The Kier molecular flexibility index (Phi) is 3.61. The first-order valence-electron chi connectivity index (χ1n) is 8.37. The van der Waals surface area contributed by atoms with Gasteiger partial charge in [-0.05, 0) is 56.7 Å². The molecule has 0 radical (unpaired) electrons. The summed E-state index contributed by atoms with van der Waals surface area (Å²) in [6, 6.07) is 6.08. The minimum Gasteiger partial charge on any atom is -0.370 e. The van der Waals surface area contributed by atoms with E-state index in [9.17, 15) is 0 Å². The van der Waals surface area contributed by atoms with E-state index >= 15 is 0 Å². The molecule has 1 saturated carbocycles. The Morgan fingerprint density at radius 3 is 2.86 bits per heavy atom. The highest BCUT2D eigenvalue weighted by Gasteiger charge is 2.29. The Labute approximate surface area is 136 Å². The van der Waals surface area contributed by atoms with Gasteiger partial charge in [-0.3, -0.25) is 0 Å². The van der Waals surface area contributed by atoms with Crippen molar-refractivity contribution >= 4 is 17.4 Å². The van der Waals surface area contributed by atoms with Gasteiger partial charge in [-0.2, -0.15) is 5.10 Å². The summed E-state index contributed by atoms with van der Waals surface area (Å²) in [5.74, 6) is 1.86. The minimum absolute atomic E-state index is 0.661. The predicted octanol–water partition coefficient (Wildman–Crippen LogP) is 4.85. The van der Waals surface area contributed by atoms with E-state index in [2.05, 4.69) is 23.0 Å². The minimum atomic E-state index is 0.661. The van der Waals surface area contributed by atoms with Gasteiger partial charge in [0.1, 0.15) is 5.82 Å². The molecule has 4 rings (SSSR count). The summed E-state index contributed by atoms with van der Waals surface area (Å²) >= 11 is 6.33. The molecule has 1 N–H and O–H groups in total. The molecular weight excluding hydrogens is 294 g/mol. The number of rotatable bonds is 2. The number of hydrogen-bond acceptors (Lipinski definition) is 2. The highest BCUT2D eigenvalue weighted by Crippen LogP contribution is 2.41. The van der Waals surface area contributed by atoms with Crippen molar-refractivity contribution in [1.82, 2.24) is 9.78 Å². The maximum Gasteiger partial charge on any atom is 0.133 e. The molecule has 0 saturated heterocycles. The van der Waals surface area contributed by atoms with Gasteiger partial charge in [-0.1, -0.05) is 24.1 Å². The van der Waals surface area contributed by atoms with Gasteiger partial charge in [0.05, 0.1) is 11.4 Å². The van der Waals surface area contributed by atoms with Gasteiger partial charge in [0, 0.05) is 23.0 Å². The van der Waals surface area contributed by atoms with Gasteiger partial charge in [0.15, 0.2) is 0 Å². The number of hydrogen-bond donors (Lipinski definition) is 1. The number of benzene rings is 1. The van der Waals surface area contributed by atoms with Crippen LogP contribution in [0.15, 0.2) is 18.2 Å². The third-order valence-electron chi connectivity index (χ3n) is 5.12. The van der Waals surface area contributed by atoms with Crippen molar-refractivity contribution in [3.8, 4) is 5.69 Å². The molecule has 1 aromatic carbocycles. The third kappa shape index (κ3) is 2.23. The number of halogens is 1. The summed E-state index contributed by atoms with van der Waals surface area (Å²) < 4.78 is 2.11. The van der Waals surface area contributed by atoms with Crippen LogP contribution >= 0.6 is 11.6 Å². The number of anilines is 1. The molecule has 1 aliphatic heterocycles. The molecule has 4 heteroatoms. The lowest BCUT2D eigenvalue weighted by atomic mass is 9.81. The summed E-state index contributed by atoms with van der Waals surface area (Å²) in [6.45, 7) is 3.11. The lowest BCUT2D eigenvalue weighted by Gasteiger charge is -2.24. The molecule has 116 valence electrons. The zero-order chi connectivity index (χ0) is 15.1. The fourth-order valence-corrected chi connectivity index (χ4v) is 3.71. The number of nitrogens with one attached hydrogen (secondary N) is 1. The molecule has 0 spiro atoms. The van der Waals surface area contributed by atoms with Crippen LogP contribution in [0.25, 0.3) is 5.69 Å².